The van der Waals surface area contributed by atoms with Crippen molar-refractivity contribution in [3.8, 4) is 0 Å². The molecule has 25 heavy (non-hydrogen) atoms. The summed E-state index contributed by atoms with van der Waals surface area (Å²) < 4.78 is 29.5. The second kappa shape index (κ2) is 6.86. The van der Waals surface area contributed by atoms with Crippen LogP contribution in [0, 0.1) is 0 Å². The fourth-order valence-corrected chi connectivity index (χ4v) is 3.68. The third kappa shape index (κ3) is 3.83. The summed E-state index contributed by atoms with van der Waals surface area (Å²) in [4.78, 5) is 16.4. The molecule has 3 aromatic rings. The van der Waals surface area contributed by atoms with Crippen molar-refractivity contribution in [2.45, 2.75) is 23.5 Å². The van der Waals surface area contributed by atoms with Crippen LogP contribution < -0.4 is 10.5 Å². The Kier molecular flexibility index (Phi) is 4.79. The lowest BCUT2D eigenvalue weighted by molar-refractivity contribution is -0.113. The van der Waals surface area contributed by atoms with Crippen molar-refractivity contribution in [1.29, 1.82) is 0 Å². The molecule has 0 bridgehead atoms. The number of carbonyl (C=O) groups excluding carboxylic acids is 1. The number of nitrogens with zero attached hydrogens (tertiary/aromatic N) is 3. The average molecular weight is 381 g/mol. The molecule has 0 spiro atoms. The Bertz CT molecular complexity index is 1010. The van der Waals surface area contributed by atoms with Gasteiger partial charge in [0.2, 0.25) is 15.9 Å². The number of benzene rings is 1. The Labute approximate surface area is 147 Å². The lowest BCUT2D eigenvalue weighted by Crippen LogP contribution is -2.14. The lowest BCUT2D eigenvalue weighted by atomic mass is 10.3. The maximum absolute atomic E-state index is 11.9. The molecule has 9 nitrogen and oxygen atoms in total. The number of imidazole rings is 1. The van der Waals surface area contributed by atoms with E-state index < -0.39 is 10.0 Å². The zero-order valence-corrected chi connectivity index (χ0v) is 14.8. The largest absolute Gasteiger partial charge is 0.363 e. The molecule has 2 heterocycles. The van der Waals surface area contributed by atoms with Crippen LogP contribution in [0.4, 0.5) is 5.82 Å². The average Bonchev–Trinajstić information content (AvgIpc) is 3.18. The van der Waals surface area contributed by atoms with Gasteiger partial charge in [-0.05, 0) is 25.1 Å². The van der Waals surface area contributed by atoms with E-state index in [4.69, 9.17) is 5.14 Å². The fourth-order valence-electron chi connectivity index (χ4n) is 2.27. The third-order valence-electron chi connectivity index (χ3n) is 3.37. The first-order valence-electron chi connectivity index (χ1n) is 7.24. The van der Waals surface area contributed by atoms with Gasteiger partial charge in [0.05, 0.1) is 21.7 Å². The Morgan fingerprint density at radius 2 is 2.20 bits per heavy atom. The summed E-state index contributed by atoms with van der Waals surface area (Å²) in [7, 11) is -3.80. The Hall–Kier alpha value is -2.37. The molecule has 1 aromatic carbocycles. The number of rotatable bonds is 6. The van der Waals surface area contributed by atoms with Crippen molar-refractivity contribution in [2.75, 3.05) is 11.1 Å². The number of hydrogen-bond acceptors (Lipinski definition) is 7. The van der Waals surface area contributed by atoms with Crippen LogP contribution >= 0.6 is 11.8 Å². The van der Waals surface area contributed by atoms with Crippen LogP contribution in [0.25, 0.3) is 11.0 Å². The Morgan fingerprint density at radius 3 is 2.84 bits per heavy atom. The van der Waals surface area contributed by atoms with E-state index in [9.17, 15) is 13.2 Å². The molecular formula is C14H15N5O4S2. The second-order valence-corrected chi connectivity index (χ2v) is 7.56. The number of sulfonamides is 1. The maximum Gasteiger partial charge on any atom is 0.238 e. The van der Waals surface area contributed by atoms with Gasteiger partial charge in [0, 0.05) is 12.6 Å². The molecule has 1 amide bonds. The number of fused-ring (bicyclic) bond motifs is 1. The topological polar surface area (TPSA) is 133 Å². The number of aryl methyl sites for hydroxylation is 1. The predicted octanol–water partition coefficient (Wildman–Crippen LogP) is 1.42. The zero-order chi connectivity index (χ0) is 18.0. The standard InChI is InChI=1S/C14H15N5O4S2/c1-2-19-11-4-3-9(25(15,21)22)7-10(11)16-14(19)24-8-13(20)17-12-5-6-23-18-12/h3-7H,2,8H2,1H3,(H2,15,21,22)(H,17,18,20). The minimum atomic E-state index is -3.80. The van der Waals surface area contributed by atoms with Crippen molar-refractivity contribution in [3.05, 3.63) is 30.5 Å². The number of thioether (sulfide) groups is 1. The predicted molar refractivity (Wildman–Crippen MR) is 92.6 cm³/mol. The zero-order valence-electron chi connectivity index (χ0n) is 13.2. The molecule has 0 radical (unpaired) electrons. The highest BCUT2D eigenvalue weighted by atomic mass is 32.2. The van der Waals surface area contributed by atoms with E-state index in [0.717, 1.165) is 5.52 Å². The lowest BCUT2D eigenvalue weighted by Gasteiger charge is -2.05. The first kappa shape index (κ1) is 17.5. The molecule has 0 aliphatic carbocycles. The number of aromatic nitrogens is 3. The Morgan fingerprint density at radius 1 is 1.40 bits per heavy atom. The molecule has 0 aliphatic rings. The Balaban J connectivity index is 1.82. The number of primary sulfonamides is 1. The molecule has 132 valence electrons. The minimum Gasteiger partial charge on any atom is -0.363 e. The first-order chi connectivity index (χ1) is 11.9. The summed E-state index contributed by atoms with van der Waals surface area (Å²) in [5, 5.41) is 12.0. The van der Waals surface area contributed by atoms with Gasteiger partial charge in [-0.15, -0.1) is 0 Å². The van der Waals surface area contributed by atoms with Gasteiger partial charge in [0.25, 0.3) is 0 Å². The van der Waals surface area contributed by atoms with Gasteiger partial charge in [-0.1, -0.05) is 16.9 Å². The van der Waals surface area contributed by atoms with E-state index in [2.05, 4.69) is 20.0 Å². The van der Waals surface area contributed by atoms with Crippen molar-refractivity contribution in [2.24, 2.45) is 5.14 Å². The van der Waals surface area contributed by atoms with E-state index in [1.807, 2.05) is 11.5 Å². The van der Waals surface area contributed by atoms with E-state index >= 15 is 0 Å². The highest BCUT2D eigenvalue weighted by molar-refractivity contribution is 7.99. The summed E-state index contributed by atoms with van der Waals surface area (Å²) in [6, 6.07) is 6.07. The molecule has 0 atom stereocenters. The van der Waals surface area contributed by atoms with Gasteiger partial charge in [-0.2, -0.15) is 0 Å². The molecular weight excluding hydrogens is 366 g/mol. The smallest absolute Gasteiger partial charge is 0.238 e. The van der Waals surface area contributed by atoms with Crippen LogP contribution in [0.3, 0.4) is 0 Å². The normalized spacial score (nSPS) is 11.8. The minimum absolute atomic E-state index is 0.000998. The molecule has 0 saturated heterocycles. The van der Waals surface area contributed by atoms with Crippen molar-refractivity contribution in [3.63, 3.8) is 0 Å². The van der Waals surface area contributed by atoms with Crippen molar-refractivity contribution < 1.29 is 17.7 Å². The van der Waals surface area contributed by atoms with Gasteiger partial charge < -0.3 is 14.4 Å². The highest BCUT2D eigenvalue weighted by Crippen LogP contribution is 2.26. The van der Waals surface area contributed by atoms with Gasteiger partial charge in [0.15, 0.2) is 11.0 Å². The molecule has 0 saturated carbocycles. The van der Waals surface area contributed by atoms with E-state index in [-0.39, 0.29) is 16.6 Å². The first-order valence-corrected chi connectivity index (χ1v) is 9.78. The van der Waals surface area contributed by atoms with E-state index in [0.29, 0.717) is 23.0 Å². The summed E-state index contributed by atoms with van der Waals surface area (Å²) in [6.45, 7) is 2.56. The maximum atomic E-state index is 11.9. The van der Waals surface area contributed by atoms with Crippen LogP contribution in [0.5, 0.6) is 0 Å². The van der Waals surface area contributed by atoms with Gasteiger partial charge in [-0.25, -0.2) is 18.5 Å². The monoisotopic (exact) mass is 381 g/mol. The molecule has 11 heteroatoms. The van der Waals surface area contributed by atoms with Gasteiger partial charge >= 0.3 is 0 Å². The van der Waals surface area contributed by atoms with Gasteiger partial charge in [0.1, 0.15) is 6.26 Å². The van der Waals surface area contributed by atoms with Crippen LogP contribution in [0.1, 0.15) is 6.92 Å². The number of nitrogens with one attached hydrogen (secondary N) is 1. The van der Waals surface area contributed by atoms with Crippen LogP contribution in [-0.2, 0) is 21.4 Å². The highest BCUT2D eigenvalue weighted by Gasteiger charge is 2.15. The number of amides is 1. The molecule has 0 fully saturated rings. The quantitative estimate of drug-likeness (QED) is 0.617. The van der Waals surface area contributed by atoms with Gasteiger partial charge in [-0.3, -0.25) is 4.79 Å². The number of nitrogens with two attached hydrogens (primary N) is 1. The van der Waals surface area contributed by atoms with Crippen molar-refractivity contribution >= 4 is 44.5 Å². The summed E-state index contributed by atoms with van der Waals surface area (Å²) >= 11 is 1.24. The molecule has 0 unspecified atom stereocenters. The fraction of sp³-hybridized carbons (Fsp3) is 0.214. The SMILES string of the molecule is CCn1c(SCC(=O)Nc2ccon2)nc2cc(S(N)(=O)=O)ccc21. The van der Waals surface area contributed by atoms with Crippen LogP contribution in [0.2, 0.25) is 0 Å². The summed E-state index contributed by atoms with van der Waals surface area (Å²) in [5.41, 5.74) is 1.28. The van der Waals surface area contributed by atoms with E-state index in [1.165, 1.54) is 30.2 Å². The number of carbonyl (C=O) groups is 1. The summed E-state index contributed by atoms with van der Waals surface area (Å²) in [6.07, 6.45) is 1.36. The molecule has 2 aromatic heterocycles. The molecule has 0 aliphatic heterocycles. The van der Waals surface area contributed by atoms with Crippen molar-refractivity contribution in [1.82, 2.24) is 14.7 Å². The summed E-state index contributed by atoms with van der Waals surface area (Å²) in [5.74, 6) is 0.212. The third-order valence-corrected chi connectivity index (χ3v) is 5.25. The molecule has 3 N–H and O–H groups in total. The molecule has 3 rings (SSSR count). The number of anilines is 1. The van der Waals surface area contributed by atoms with Crippen LogP contribution in [0.15, 0.2) is 45.1 Å². The van der Waals surface area contributed by atoms with Crippen LogP contribution in [-0.4, -0.2) is 34.8 Å². The van der Waals surface area contributed by atoms with E-state index in [1.54, 1.807) is 12.1 Å². The number of hydrogen-bond donors (Lipinski definition) is 2. The second-order valence-electron chi connectivity index (χ2n) is 5.06.